The second-order valence-electron chi connectivity index (χ2n) is 8.15. The second kappa shape index (κ2) is 6.23. The molecule has 1 aliphatic heterocycles. The molecule has 5 nitrogen and oxygen atoms in total. The highest BCUT2D eigenvalue weighted by atomic mass is 16.3. The number of rotatable bonds is 2. The molecule has 1 aromatic carbocycles. The molecule has 1 saturated carbocycles. The summed E-state index contributed by atoms with van der Waals surface area (Å²) in [5.41, 5.74) is 2.05. The maximum atomic E-state index is 12.8. The quantitative estimate of drug-likeness (QED) is 0.847. The summed E-state index contributed by atoms with van der Waals surface area (Å²) in [4.78, 5) is 19.3. The lowest BCUT2D eigenvalue weighted by atomic mass is 9.77. The molecule has 0 spiro atoms. The molecule has 2 aliphatic carbocycles. The molecule has 3 aliphatic rings. The number of benzene rings is 1. The third-order valence-electron chi connectivity index (χ3n) is 6.62. The van der Waals surface area contributed by atoms with Crippen molar-refractivity contribution in [2.75, 3.05) is 13.1 Å². The van der Waals surface area contributed by atoms with E-state index in [1.54, 1.807) is 0 Å². The van der Waals surface area contributed by atoms with Crippen molar-refractivity contribution in [1.29, 1.82) is 0 Å². The van der Waals surface area contributed by atoms with E-state index in [0.717, 1.165) is 49.8 Å². The number of imidazole rings is 1. The number of carbonyl (C=O) groups is 1. The van der Waals surface area contributed by atoms with Crippen molar-refractivity contribution >= 4 is 16.9 Å². The van der Waals surface area contributed by atoms with E-state index in [2.05, 4.69) is 32.7 Å². The van der Waals surface area contributed by atoms with Gasteiger partial charge in [-0.3, -0.25) is 4.79 Å². The van der Waals surface area contributed by atoms with Gasteiger partial charge in [0.05, 0.1) is 29.5 Å². The average molecular weight is 351 g/mol. The lowest BCUT2D eigenvalue weighted by molar-refractivity contribution is -0.134. The minimum Gasteiger partial charge on any atom is -0.391 e. The monoisotopic (exact) mass is 351 g/mol. The minimum absolute atomic E-state index is 0.0480. The van der Waals surface area contributed by atoms with Crippen LogP contribution in [-0.4, -0.2) is 44.7 Å². The predicted octanol–water partition coefficient (Wildman–Crippen LogP) is 2.77. The van der Waals surface area contributed by atoms with Crippen LogP contribution in [0.25, 0.3) is 11.0 Å². The zero-order chi connectivity index (χ0) is 17.7. The topological polar surface area (TPSA) is 58.4 Å². The van der Waals surface area contributed by atoms with Gasteiger partial charge < -0.3 is 14.6 Å². The van der Waals surface area contributed by atoms with Gasteiger partial charge in [-0.05, 0) is 49.7 Å². The van der Waals surface area contributed by atoms with Gasteiger partial charge in [0.25, 0.3) is 0 Å². The molecule has 0 unspecified atom stereocenters. The number of carbonyl (C=O) groups excluding carboxylic acids is 1. The molecule has 136 valence electrons. The Hall–Kier alpha value is -2.14. The maximum Gasteiger partial charge on any atom is 0.226 e. The molecule has 5 heteroatoms. The first-order valence-electron chi connectivity index (χ1n) is 9.74. The molecule has 0 radical (unpaired) electrons. The van der Waals surface area contributed by atoms with Gasteiger partial charge >= 0.3 is 0 Å². The van der Waals surface area contributed by atoms with Crippen molar-refractivity contribution in [3.05, 3.63) is 42.7 Å². The molecule has 1 N–H and O–H groups in total. The number of allylic oxidation sites excluding steroid dienone is 2. The summed E-state index contributed by atoms with van der Waals surface area (Å²) < 4.78 is 2.14. The van der Waals surface area contributed by atoms with E-state index in [9.17, 15) is 9.90 Å². The maximum absolute atomic E-state index is 12.8. The summed E-state index contributed by atoms with van der Waals surface area (Å²) >= 11 is 0. The van der Waals surface area contributed by atoms with Crippen LogP contribution < -0.4 is 0 Å². The van der Waals surface area contributed by atoms with Gasteiger partial charge in [0.15, 0.2) is 0 Å². The Morgan fingerprint density at radius 2 is 1.81 bits per heavy atom. The second-order valence-corrected chi connectivity index (χ2v) is 8.15. The summed E-state index contributed by atoms with van der Waals surface area (Å²) in [6.45, 7) is 1.66. The SMILES string of the molecule is O=C(C1CC=CC1)N1C[C@H]2C[C@@H](n3cnc4ccccc43)[C@H](O)C[C@H]2C1. The normalized spacial score (nSPS) is 31.7. The first-order chi connectivity index (χ1) is 12.7. The van der Waals surface area contributed by atoms with E-state index >= 15 is 0 Å². The first kappa shape index (κ1) is 16.1. The Morgan fingerprint density at radius 3 is 2.62 bits per heavy atom. The number of aliphatic hydroxyl groups excluding tert-OH is 1. The number of aromatic nitrogens is 2. The first-order valence-corrected chi connectivity index (χ1v) is 9.74. The molecule has 2 fully saturated rings. The van der Waals surface area contributed by atoms with E-state index < -0.39 is 0 Å². The lowest BCUT2D eigenvalue weighted by Crippen LogP contribution is -2.36. The van der Waals surface area contributed by atoms with Gasteiger partial charge in [0, 0.05) is 19.0 Å². The average Bonchev–Trinajstić information content (AvgIpc) is 3.39. The van der Waals surface area contributed by atoms with Gasteiger partial charge in [0.1, 0.15) is 0 Å². The number of hydrogen-bond acceptors (Lipinski definition) is 3. The van der Waals surface area contributed by atoms with E-state index in [0.29, 0.717) is 17.7 Å². The van der Waals surface area contributed by atoms with Gasteiger partial charge in [-0.1, -0.05) is 24.3 Å². The van der Waals surface area contributed by atoms with Crippen LogP contribution in [-0.2, 0) is 4.79 Å². The van der Waals surface area contributed by atoms with Gasteiger partial charge in [0.2, 0.25) is 5.91 Å². The highest BCUT2D eigenvalue weighted by Crippen LogP contribution is 2.42. The zero-order valence-electron chi connectivity index (χ0n) is 14.9. The molecule has 0 bridgehead atoms. The fourth-order valence-electron chi connectivity index (χ4n) is 5.21. The van der Waals surface area contributed by atoms with Crippen LogP contribution >= 0.6 is 0 Å². The van der Waals surface area contributed by atoms with Crippen LogP contribution in [0.15, 0.2) is 42.7 Å². The Balaban J connectivity index is 1.34. The van der Waals surface area contributed by atoms with Gasteiger partial charge in [-0.25, -0.2) is 4.98 Å². The third-order valence-corrected chi connectivity index (χ3v) is 6.62. The number of nitrogens with zero attached hydrogens (tertiary/aromatic N) is 3. The van der Waals surface area contributed by atoms with Crippen molar-refractivity contribution in [2.24, 2.45) is 17.8 Å². The summed E-state index contributed by atoms with van der Waals surface area (Å²) in [5, 5.41) is 10.8. The summed E-state index contributed by atoms with van der Waals surface area (Å²) in [5.74, 6) is 1.36. The van der Waals surface area contributed by atoms with Crippen LogP contribution in [0.2, 0.25) is 0 Å². The van der Waals surface area contributed by atoms with Crippen LogP contribution in [0, 0.1) is 17.8 Å². The van der Waals surface area contributed by atoms with Crippen LogP contribution in [0.5, 0.6) is 0 Å². The van der Waals surface area contributed by atoms with Crippen molar-refractivity contribution in [3.8, 4) is 0 Å². The Labute approximate surface area is 153 Å². The molecule has 5 rings (SSSR count). The zero-order valence-corrected chi connectivity index (χ0v) is 14.9. The van der Waals surface area contributed by atoms with Crippen molar-refractivity contribution < 1.29 is 9.90 Å². The van der Waals surface area contributed by atoms with Crippen molar-refractivity contribution in [3.63, 3.8) is 0 Å². The Kier molecular flexibility index (Phi) is 3.85. The number of aliphatic hydroxyl groups is 1. The standard InChI is InChI=1S/C21H25N3O2/c25-20-10-16-12-23(21(26)14-5-1-2-6-14)11-15(16)9-19(20)24-13-22-17-7-3-4-8-18(17)24/h1-4,7-8,13-16,19-20,25H,5-6,9-12H2/t15-,16+,19-,20-/m1/s1. The molecule has 26 heavy (non-hydrogen) atoms. The smallest absolute Gasteiger partial charge is 0.226 e. The van der Waals surface area contributed by atoms with Crippen molar-refractivity contribution in [2.45, 2.75) is 37.8 Å². The summed E-state index contributed by atoms with van der Waals surface area (Å²) in [6.07, 6.45) is 9.19. The number of amides is 1. The molecular formula is C21H25N3O2. The fourth-order valence-corrected chi connectivity index (χ4v) is 5.21. The van der Waals surface area contributed by atoms with E-state index in [1.807, 2.05) is 24.5 Å². The van der Waals surface area contributed by atoms with Crippen LogP contribution in [0.3, 0.4) is 0 Å². The molecule has 2 aromatic rings. The van der Waals surface area contributed by atoms with Gasteiger partial charge in [-0.15, -0.1) is 0 Å². The van der Waals surface area contributed by atoms with E-state index in [4.69, 9.17) is 0 Å². The number of para-hydroxylation sites is 2. The molecule has 1 amide bonds. The lowest BCUT2D eigenvalue weighted by Gasteiger charge is -2.36. The Morgan fingerprint density at radius 1 is 1.08 bits per heavy atom. The minimum atomic E-state index is -0.378. The van der Waals surface area contributed by atoms with Crippen LogP contribution in [0.4, 0.5) is 0 Å². The fraction of sp³-hybridized carbons (Fsp3) is 0.524. The number of likely N-dealkylation sites (tertiary alicyclic amines) is 1. The van der Waals surface area contributed by atoms with Crippen molar-refractivity contribution in [1.82, 2.24) is 14.5 Å². The number of hydrogen-bond donors (Lipinski definition) is 1. The predicted molar refractivity (Wildman–Crippen MR) is 99.4 cm³/mol. The molecule has 1 aromatic heterocycles. The summed E-state index contributed by atoms with van der Waals surface area (Å²) in [7, 11) is 0. The largest absolute Gasteiger partial charge is 0.391 e. The molecule has 1 saturated heterocycles. The molecule has 2 heterocycles. The molecule has 4 atom stereocenters. The molecular weight excluding hydrogens is 326 g/mol. The highest BCUT2D eigenvalue weighted by Gasteiger charge is 2.44. The van der Waals surface area contributed by atoms with E-state index in [-0.39, 0.29) is 18.1 Å². The number of fused-ring (bicyclic) bond motifs is 2. The van der Waals surface area contributed by atoms with Gasteiger partial charge in [-0.2, -0.15) is 0 Å². The van der Waals surface area contributed by atoms with E-state index in [1.165, 1.54) is 0 Å². The Bertz CT molecular complexity index is 850. The highest BCUT2D eigenvalue weighted by molar-refractivity contribution is 5.80. The third kappa shape index (κ3) is 2.57. The summed E-state index contributed by atoms with van der Waals surface area (Å²) in [6, 6.07) is 8.13. The van der Waals surface area contributed by atoms with Crippen LogP contribution in [0.1, 0.15) is 31.7 Å².